The molecule has 21 heavy (non-hydrogen) atoms. The van der Waals surface area contributed by atoms with Gasteiger partial charge in [-0.2, -0.15) is 0 Å². The van der Waals surface area contributed by atoms with Gasteiger partial charge in [-0.3, -0.25) is 14.6 Å². The summed E-state index contributed by atoms with van der Waals surface area (Å²) in [5.74, 6) is 4.89. The summed E-state index contributed by atoms with van der Waals surface area (Å²) in [6.45, 7) is 0.562. The van der Waals surface area contributed by atoms with Crippen LogP contribution in [0.4, 0.5) is 0 Å². The number of carbonyl (C=O) groups is 1. The molecule has 0 atom stereocenters. The maximum atomic E-state index is 11.9. The second-order valence-electron chi connectivity index (χ2n) is 4.06. The molecule has 2 rings (SSSR count). The van der Waals surface area contributed by atoms with Gasteiger partial charge < -0.3 is 16.2 Å². The Morgan fingerprint density at radius 1 is 1.48 bits per heavy atom. The van der Waals surface area contributed by atoms with Crippen molar-refractivity contribution in [2.75, 3.05) is 6.54 Å². The summed E-state index contributed by atoms with van der Waals surface area (Å²) in [5, 5.41) is 13.8. The highest BCUT2D eigenvalue weighted by Gasteiger charge is 2.09. The van der Waals surface area contributed by atoms with Crippen molar-refractivity contribution in [1.82, 2.24) is 10.3 Å². The summed E-state index contributed by atoms with van der Waals surface area (Å²) in [4.78, 5) is 26.2. The molecule has 5 N–H and O–H groups in total. The monoisotopic (exact) mass is 303 g/mol. The molecule has 0 saturated carbocycles. The number of pyridine rings is 1. The summed E-state index contributed by atoms with van der Waals surface area (Å²) >= 11 is 1.47. The van der Waals surface area contributed by atoms with Gasteiger partial charge in [-0.1, -0.05) is 11.8 Å². The van der Waals surface area contributed by atoms with Gasteiger partial charge in [0.25, 0.3) is 11.5 Å². The van der Waals surface area contributed by atoms with Crippen LogP contribution in [0.3, 0.4) is 0 Å². The number of nitrogens with one attached hydrogen (secondary N) is 2. The molecule has 2 aromatic rings. The Kier molecular flexibility index (Phi) is 4.77. The molecule has 0 aromatic carbocycles. The van der Waals surface area contributed by atoms with Crippen LogP contribution in [0, 0.1) is 11.8 Å². The lowest BCUT2D eigenvalue weighted by atomic mass is 10.2. The smallest absolute Gasteiger partial charge is 0.251 e. The Labute approximate surface area is 124 Å². The first-order chi connectivity index (χ1) is 10.1. The number of amides is 1. The molecule has 0 spiro atoms. The van der Waals surface area contributed by atoms with Crippen LogP contribution in [0.1, 0.15) is 20.8 Å². The van der Waals surface area contributed by atoms with Crippen molar-refractivity contribution in [2.24, 2.45) is 5.73 Å². The molecule has 7 heteroatoms. The quantitative estimate of drug-likeness (QED) is 0.615. The van der Waals surface area contributed by atoms with Gasteiger partial charge >= 0.3 is 0 Å². The zero-order valence-electron chi connectivity index (χ0n) is 11.0. The maximum absolute atomic E-state index is 11.9. The third kappa shape index (κ3) is 3.95. The van der Waals surface area contributed by atoms with Crippen LogP contribution in [0.5, 0.6) is 5.88 Å². The normalized spacial score (nSPS) is 9.76. The summed E-state index contributed by atoms with van der Waals surface area (Å²) in [6, 6.07) is 4.17. The number of thiophene rings is 1. The summed E-state index contributed by atoms with van der Waals surface area (Å²) in [6.07, 6.45) is 0. The summed E-state index contributed by atoms with van der Waals surface area (Å²) in [5.41, 5.74) is 5.71. The van der Waals surface area contributed by atoms with Crippen molar-refractivity contribution in [3.8, 4) is 17.7 Å². The Morgan fingerprint density at radius 2 is 2.29 bits per heavy atom. The second-order valence-corrected chi connectivity index (χ2v) is 5.07. The van der Waals surface area contributed by atoms with Crippen LogP contribution in [-0.2, 0) is 6.54 Å². The highest BCUT2D eigenvalue weighted by atomic mass is 32.1. The van der Waals surface area contributed by atoms with Crippen molar-refractivity contribution in [2.45, 2.75) is 6.54 Å². The van der Waals surface area contributed by atoms with Crippen molar-refractivity contribution >= 4 is 17.2 Å². The van der Waals surface area contributed by atoms with Crippen molar-refractivity contribution in [3.63, 3.8) is 0 Å². The van der Waals surface area contributed by atoms with E-state index in [9.17, 15) is 14.7 Å². The van der Waals surface area contributed by atoms with Gasteiger partial charge in [0.2, 0.25) is 0 Å². The Bertz CT molecular complexity index is 768. The zero-order chi connectivity index (χ0) is 15.2. The minimum absolute atomic E-state index is 0.0994. The molecule has 2 aromatic heterocycles. The van der Waals surface area contributed by atoms with Crippen molar-refractivity contribution < 1.29 is 9.90 Å². The van der Waals surface area contributed by atoms with Crippen LogP contribution < -0.4 is 16.6 Å². The third-order valence-electron chi connectivity index (χ3n) is 2.57. The molecule has 0 aliphatic heterocycles. The minimum atomic E-state index is -0.536. The average molecular weight is 303 g/mol. The van der Waals surface area contributed by atoms with E-state index in [0.29, 0.717) is 6.54 Å². The van der Waals surface area contributed by atoms with Crippen LogP contribution in [-0.4, -0.2) is 22.5 Å². The largest absolute Gasteiger partial charge is 0.494 e. The maximum Gasteiger partial charge on any atom is 0.251 e. The number of rotatable bonds is 3. The molecule has 0 aliphatic carbocycles. The molecule has 0 bridgehead atoms. The molecular weight excluding hydrogens is 290 g/mol. The first kappa shape index (κ1) is 14.8. The predicted octanol–water partition coefficient (Wildman–Crippen LogP) is 0.382. The molecule has 0 unspecified atom stereocenters. The van der Waals surface area contributed by atoms with Gasteiger partial charge in [-0.15, -0.1) is 11.3 Å². The van der Waals surface area contributed by atoms with Gasteiger partial charge in [-0.05, 0) is 11.4 Å². The predicted molar refractivity (Wildman–Crippen MR) is 80.1 cm³/mol. The fraction of sp³-hybridized carbons (Fsp3) is 0.143. The first-order valence-corrected chi connectivity index (χ1v) is 6.95. The van der Waals surface area contributed by atoms with Gasteiger partial charge in [0.1, 0.15) is 0 Å². The Hall–Kier alpha value is -2.56. The number of hydrogen-bond acceptors (Lipinski definition) is 5. The zero-order valence-corrected chi connectivity index (χ0v) is 11.8. The molecule has 0 fully saturated rings. The lowest BCUT2D eigenvalue weighted by Gasteiger charge is -2.04. The topological polar surface area (TPSA) is 108 Å². The standard InChI is InChI=1S/C14H13N3O3S/c15-4-1-2-9-3-5-21-11(9)8-16-14(20)10-6-12(18)17-13(19)7-10/h3,5-7H,4,8,15H2,(H,16,20)(H2,17,18,19). The Morgan fingerprint density at radius 3 is 3.00 bits per heavy atom. The number of aromatic amines is 1. The third-order valence-corrected chi connectivity index (χ3v) is 3.49. The highest BCUT2D eigenvalue weighted by molar-refractivity contribution is 7.10. The number of hydrogen-bond donors (Lipinski definition) is 4. The van der Waals surface area contributed by atoms with E-state index in [2.05, 4.69) is 22.1 Å². The Balaban J connectivity index is 2.08. The van der Waals surface area contributed by atoms with E-state index in [-0.39, 0.29) is 18.0 Å². The van der Waals surface area contributed by atoms with E-state index >= 15 is 0 Å². The summed E-state index contributed by atoms with van der Waals surface area (Å²) in [7, 11) is 0. The molecular formula is C14H13N3O3S. The van der Waals surface area contributed by atoms with Crippen LogP contribution in [0.15, 0.2) is 28.4 Å². The lowest BCUT2D eigenvalue weighted by Crippen LogP contribution is -2.24. The molecule has 6 nitrogen and oxygen atoms in total. The summed E-state index contributed by atoms with van der Waals surface area (Å²) < 4.78 is 0. The number of nitrogens with two attached hydrogens (primary N) is 1. The van der Waals surface area contributed by atoms with E-state index in [0.717, 1.165) is 16.5 Å². The number of aromatic hydroxyl groups is 1. The van der Waals surface area contributed by atoms with Gasteiger partial charge in [0.15, 0.2) is 5.88 Å². The molecule has 0 saturated heterocycles. The molecule has 0 aliphatic rings. The lowest BCUT2D eigenvalue weighted by molar-refractivity contribution is 0.0950. The van der Waals surface area contributed by atoms with E-state index in [1.54, 1.807) is 0 Å². The van der Waals surface area contributed by atoms with Crippen LogP contribution in [0.25, 0.3) is 0 Å². The van der Waals surface area contributed by atoms with Crippen molar-refractivity contribution in [3.05, 3.63) is 49.9 Å². The molecule has 0 radical (unpaired) electrons. The molecule has 1 amide bonds. The van der Waals surface area contributed by atoms with E-state index in [1.165, 1.54) is 17.4 Å². The van der Waals surface area contributed by atoms with Gasteiger partial charge in [0, 0.05) is 22.6 Å². The van der Waals surface area contributed by atoms with E-state index < -0.39 is 11.5 Å². The van der Waals surface area contributed by atoms with Gasteiger partial charge in [0.05, 0.1) is 18.7 Å². The fourth-order valence-electron chi connectivity index (χ4n) is 1.66. The second kappa shape index (κ2) is 6.74. The molecule has 2 heterocycles. The van der Waals surface area contributed by atoms with Gasteiger partial charge in [-0.25, -0.2) is 0 Å². The highest BCUT2D eigenvalue weighted by Crippen LogP contribution is 2.15. The average Bonchev–Trinajstić information content (AvgIpc) is 2.88. The number of H-pyrrole nitrogens is 1. The van der Waals surface area contributed by atoms with Crippen LogP contribution >= 0.6 is 11.3 Å². The molecule has 108 valence electrons. The SMILES string of the molecule is NCC#Cc1ccsc1CNC(=O)c1cc(O)[nH]c(=O)c1. The fourth-order valence-corrected chi connectivity index (χ4v) is 2.43. The minimum Gasteiger partial charge on any atom is -0.494 e. The van der Waals surface area contributed by atoms with Crippen molar-refractivity contribution in [1.29, 1.82) is 0 Å². The van der Waals surface area contributed by atoms with E-state index in [4.69, 9.17) is 5.73 Å². The number of aromatic nitrogens is 1. The van der Waals surface area contributed by atoms with Crippen LogP contribution in [0.2, 0.25) is 0 Å². The number of carbonyl (C=O) groups excluding carboxylic acids is 1. The first-order valence-electron chi connectivity index (χ1n) is 6.07. The van der Waals surface area contributed by atoms with E-state index in [1.807, 2.05) is 11.4 Å².